The molecule has 0 atom stereocenters. The summed E-state index contributed by atoms with van der Waals surface area (Å²) in [5, 5.41) is 0.915. The van der Waals surface area contributed by atoms with E-state index in [4.69, 9.17) is 9.15 Å². The van der Waals surface area contributed by atoms with Crippen molar-refractivity contribution in [1.29, 1.82) is 0 Å². The maximum Gasteiger partial charge on any atom is 0.270 e. The van der Waals surface area contributed by atoms with Gasteiger partial charge in [-0.15, -0.1) is 0 Å². The lowest BCUT2D eigenvalue weighted by Gasteiger charge is -2.24. The van der Waals surface area contributed by atoms with Crippen LogP contribution in [0.3, 0.4) is 0 Å². The Kier molecular flexibility index (Phi) is 4.64. The van der Waals surface area contributed by atoms with Crippen LogP contribution < -0.4 is 4.74 Å². The Hall–Kier alpha value is -2.76. The molecule has 0 fully saturated rings. The van der Waals surface area contributed by atoms with E-state index >= 15 is 0 Å². The van der Waals surface area contributed by atoms with Crippen molar-refractivity contribution in [3.05, 3.63) is 47.3 Å². The number of hydrogen-bond acceptors (Lipinski definition) is 4. The molecule has 27 heavy (non-hydrogen) atoms. The summed E-state index contributed by atoms with van der Waals surface area (Å²) in [5.74, 6) is 3.07. The van der Waals surface area contributed by atoms with Crippen LogP contribution in [-0.4, -0.2) is 34.4 Å². The minimum atomic E-state index is -0.0226. The Morgan fingerprint density at radius 1 is 1.41 bits per heavy atom. The molecule has 142 valence electrons. The molecule has 1 aliphatic rings. The van der Waals surface area contributed by atoms with Gasteiger partial charge in [0, 0.05) is 30.3 Å². The van der Waals surface area contributed by atoms with Gasteiger partial charge in [0.05, 0.1) is 13.7 Å². The van der Waals surface area contributed by atoms with Crippen LogP contribution in [0.1, 0.15) is 48.1 Å². The first-order valence-corrected chi connectivity index (χ1v) is 9.47. The minimum absolute atomic E-state index is 0.0226. The summed E-state index contributed by atoms with van der Waals surface area (Å²) >= 11 is 0. The summed E-state index contributed by atoms with van der Waals surface area (Å²) in [7, 11) is 1.64. The first-order valence-electron chi connectivity index (χ1n) is 9.47. The summed E-state index contributed by atoms with van der Waals surface area (Å²) in [4.78, 5) is 22.7. The quantitative estimate of drug-likeness (QED) is 0.741. The third-order valence-electron chi connectivity index (χ3n) is 5.07. The van der Waals surface area contributed by atoms with Crippen molar-refractivity contribution in [2.75, 3.05) is 13.7 Å². The van der Waals surface area contributed by atoms with Crippen molar-refractivity contribution in [3.63, 3.8) is 0 Å². The number of methoxy groups -OCH3 is 1. The number of nitrogens with zero attached hydrogens (tertiary/aromatic N) is 2. The predicted octanol–water partition coefficient (Wildman–Crippen LogP) is 3.95. The Bertz CT molecular complexity index is 970. The second kappa shape index (κ2) is 7.10. The molecule has 4 rings (SSSR count). The maximum absolute atomic E-state index is 13.0. The van der Waals surface area contributed by atoms with E-state index in [0.29, 0.717) is 31.1 Å². The SMILES string of the molecule is COc1cccc2[nH]c(C(=O)N3CCc4oc(CCC(C)C)nc4C3)cc12. The van der Waals surface area contributed by atoms with Crippen LogP contribution in [-0.2, 0) is 19.4 Å². The van der Waals surface area contributed by atoms with Gasteiger partial charge in [-0.1, -0.05) is 19.9 Å². The summed E-state index contributed by atoms with van der Waals surface area (Å²) < 4.78 is 11.3. The van der Waals surface area contributed by atoms with Gasteiger partial charge in [-0.25, -0.2) is 4.98 Å². The van der Waals surface area contributed by atoms with Crippen molar-refractivity contribution in [1.82, 2.24) is 14.9 Å². The lowest BCUT2D eigenvalue weighted by Crippen LogP contribution is -2.36. The average molecular weight is 367 g/mol. The van der Waals surface area contributed by atoms with Gasteiger partial charge >= 0.3 is 0 Å². The molecule has 1 N–H and O–H groups in total. The Balaban J connectivity index is 1.52. The Labute approximate surface area is 158 Å². The lowest BCUT2D eigenvalue weighted by molar-refractivity contribution is 0.0723. The highest BCUT2D eigenvalue weighted by atomic mass is 16.5. The molecule has 3 aromatic rings. The van der Waals surface area contributed by atoms with Gasteiger partial charge < -0.3 is 19.0 Å². The van der Waals surface area contributed by atoms with Crippen LogP contribution in [0.4, 0.5) is 0 Å². The maximum atomic E-state index is 13.0. The van der Waals surface area contributed by atoms with Gasteiger partial charge in [0.2, 0.25) is 0 Å². The average Bonchev–Trinajstić information content (AvgIpc) is 3.28. The van der Waals surface area contributed by atoms with E-state index < -0.39 is 0 Å². The number of oxazole rings is 1. The molecule has 3 heterocycles. The number of ether oxygens (including phenoxy) is 1. The summed E-state index contributed by atoms with van der Waals surface area (Å²) in [6.45, 7) is 5.51. The molecule has 0 saturated carbocycles. The number of carbonyl (C=O) groups is 1. The highest BCUT2D eigenvalue weighted by Gasteiger charge is 2.27. The monoisotopic (exact) mass is 367 g/mol. The van der Waals surface area contributed by atoms with E-state index in [-0.39, 0.29) is 5.91 Å². The molecule has 0 saturated heterocycles. The van der Waals surface area contributed by atoms with Crippen LogP contribution in [0.25, 0.3) is 10.9 Å². The standard InChI is InChI=1S/C21H25N3O3/c1-13(2)7-8-20-23-17-12-24(10-9-19(17)27-20)21(25)16-11-14-15(22-16)5-4-6-18(14)26-3/h4-6,11,13,22H,7-10,12H2,1-3H3. The third-order valence-corrected chi connectivity index (χ3v) is 5.07. The molecule has 6 nitrogen and oxygen atoms in total. The van der Waals surface area contributed by atoms with Gasteiger partial charge in [-0.3, -0.25) is 4.79 Å². The van der Waals surface area contributed by atoms with Crippen LogP contribution in [0, 0.1) is 5.92 Å². The summed E-state index contributed by atoms with van der Waals surface area (Å²) in [6, 6.07) is 7.61. The fraction of sp³-hybridized carbons (Fsp3) is 0.429. The Morgan fingerprint density at radius 3 is 3.04 bits per heavy atom. The number of carbonyl (C=O) groups excluding carboxylic acids is 1. The second-order valence-corrected chi connectivity index (χ2v) is 7.49. The summed E-state index contributed by atoms with van der Waals surface area (Å²) in [6.07, 6.45) is 2.61. The number of fused-ring (bicyclic) bond motifs is 2. The molecule has 0 unspecified atom stereocenters. The van der Waals surface area contributed by atoms with Gasteiger partial charge in [-0.05, 0) is 30.5 Å². The van der Waals surface area contributed by atoms with Crippen LogP contribution >= 0.6 is 0 Å². The molecule has 1 amide bonds. The van der Waals surface area contributed by atoms with Gasteiger partial charge in [0.25, 0.3) is 5.91 Å². The van der Waals surface area contributed by atoms with Crippen molar-refractivity contribution in [2.24, 2.45) is 5.92 Å². The van der Waals surface area contributed by atoms with Crippen LogP contribution in [0.15, 0.2) is 28.7 Å². The second-order valence-electron chi connectivity index (χ2n) is 7.49. The zero-order valence-corrected chi connectivity index (χ0v) is 16.0. The van der Waals surface area contributed by atoms with E-state index in [1.165, 1.54) is 0 Å². The molecule has 1 aliphatic heterocycles. The summed E-state index contributed by atoms with van der Waals surface area (Å²) in [5.41, 5.74) is 2.36. The molecular formula is C21H25N3O3. The van der Waals surface area contributed by atoms with Crippen molar-refractivity contribution < 1.29 is 13.9 Å². The molecule has 0 aliphatic carbocycles. The molecule has 0 radical (unpaired) electrons. The number of benzene rings is 1. The van der Waals surface area contributed by atoms with E-state index in [1.54, 1.807) is 7.11 Å². The van der Waals surface area contributed by atoms with Crippen molar-refractivity contribution in [3.8, 4) is 5.75 Å². The van der Waals surface area contributed by atoms with E-state index in [2.05, 4.69) is 23.8 Å². The minimum Gasteiger partial charge on any atom is -0.496 e. The molecule has 2 aromatic heterocycles. The normalized spacial score (nSPS) is 14.0. The van der Waals surface area contributed by atoms with Crippen LogP contribution in [0.2, 0.25) is 0 Å². The molecule has 6 heteroatoms. The molecule has 1 aromatic carbocycles. The van der Waals surface area contributed by atoms with E-state index in [1.807, 2.05) is 29.2 Å². The first kappa shape index (κ1) is 17.6. The van der Waals surface area contributed by atoms with Crippen LogP contribution in [0.5, 0.6) is 5.75 Å². The molecule has 0 bridgehead atoms. The largest absolute Gasteiger partial charge is 0.496 e. The Morgan fingerprint density at radius 2 is 2.26 bits per heavy atom. The number of aryl methyl sites for hydroxylation is 1. The fourth-order valence-electron chi connectivity index (χ4n) is 3.54. The third kappa shape index (κ3) is 3.44. The highest BCUT2D eigenvalue weighted by Crippen LogP contribution is 2.28. The van der Waals surface area contributed by atoms with Crippen molar-refractivity contribution in [2.45, 2.75) is 39.7 Å². The van der Waals surface area contributed by atoms with E-state index in [9.17, 15) is 4.79 Å². The van der Waals surface area contributed by atoms with E-state index in [0.717, 1.165) is 46.8 Å². The highest BCUT2D eigenvalue weighted by molar-refractivity contribution is 5.99. The number of aromatic amines is 1. The number of amides is 1. The number of hydrogen-bond donors (Lipinski definition) is 1. The zero-order chi connectivity index (χ0) is 19.0. The number of rotatable bonds is 5. The number of aromatic nitrogens is 2. The zero-order valence-electron chi connectivity index (χ0n) is 16.0. The fourth-order valence-corrected chi connectivity index (χ4v) is 3.54. The van der Waals surface area contributed by atoms with Gasteiger partial charge in [0.1, 0.15) is 22.9 Å². The first-order chi connectivity index (χ1) is 13.0. The van der Waals surface area contributed by atoms with Crippen molar-refractivity contribution >= 4 is 16.8 Å². The smallest absolute Gasteiger partial charge is 0.270 e. The number of nitrogens with one attached hydrogen (secondary N) is 1. The lowest BCUT2D eigenvalue weighted by atomic mass is 10.1. The molecule has 0 spiro atoms. The topological polar surface area (TPSA) is 71.4 Å². The predicted molar refractivity (Wildman–Crippen MR) is 103 cm³/mol. The molecular weight excluding hydrogens is 342 g/mol. The number of H-pyrrole nitrogens is 1. The van der Waals surface area contributed by atoms with Gasteiger partial charge in [-0.2, -0.15) is 0 Å². The van der Waals surface area contributed by atoms with Gasteiger partial charge in [0.15, 0.2) is 5.89 Å².